The van der Waals surface area contributed by atoms with Gasteiger partial charge in [-0.1, -0.05) is 25.1 Å². The lowest BCUT2D eigenvalue weighted by molar-refractivity contribution is -0.136. The van der Waals surface area contributed by atoms with Crippen molar-refractivity contribution in [1.82, 2.24) is 4.98 Å². The number of aromatic nitrogens is 1. The number of aliphatic carboxylic acids is 1. The zero-order valence-electron chi connectivity index (χ0n) is 13.0. The Morgan fingerprint density at radius 3 is 2.35 bits per heavy atom. The van der Waals surface area contributed by atoms with Crippen LogP contribution in [0.1, 0.15) is 35.0 Å². The fraction of sp³-hybridized carbons (Fsp3) is 0.278. The van der Waals surface area contributed by atoms with Crippen LogP contribution in [0.4, 0.5) is 0 Å². The van der Waals surface area contributed by atoms with E-state index in [2.05, 4.69) is 4.98 Å². The molecule has 0 fully saturated rings. The molecular weight excluding hydrogens is 294 g/mol. The van der Waals surface area contributed by atoms with Crippen LogP contribution in [0.15, 0.2) is 42.6 Å². The molecule has 0 unspecified atom stereocenters. The van der Waals surface area contributed by atoms with Gasteiger partial charge in [-0.2, -0.15) is 0 Å². The molecule has 0 bridgehead atoms. The molecule has 2 rings (SSSR count). The first-order valence-corrected chi connectivity index (χ1v) is 7.50. The number of hydrogen-bond donors (Lipinski definition) is 1. The summed E-state index contributed by atoms with van der Waals surface area (Å²) in [5.74, 6) is -0.428. The van der Waals surface area contributed by atoms with E-state index in [0.717, 1.165) is 17.5 Å². The summed E-state index contributed by atoms with van der Waals surface area (Å²) in [5, 5.41) is 8.65. The Morgan fingerprint density at radius 2 is 1.78 bits per heavy atom. The van der Waals surface area contributed by atoms with E-state index in [4.69, 9.17) is 9.84 Å². The van der Waals surface area contributed by atoms with Crippen LogP contribution in [0.3, 0.4) is 0 Å². The van der Waals surface area contributed by atoms with Crippen molar-refractivity contribution in [1.29, 1.82) is 0 Å². The second-order valence-corrected chi connectivity index (χ2v) is 5.15. The van der Waals surface area contributed by atoms with E-state index < -0.39 is 5.97 Å². The van der Waals surface area contributed by atoms with Crippen molar-refractivity contribution < 1.29 is 19.4 Å². The number of pyridine rings is 1. The summed E-state index contributed by atoms with van der Waals surface area (Å²) in [7, 11) is 0. The first-order valence-electron chi connectivity index (χ1n) is 7.50. The van der Waals surface area contributed by atoms with E-state index in [9.17, 15) is 9.59 Å². The van der Waals surface area contributed by atoms with Gasteiger partial charge < -0.3 is 9.84 Å². The molecule has 5 heteroatoms. The lowest BCUT2D eigenvalue weighted by atomic mass is 10.1. The lowest BCUT2D eigenvalue weighted by Gasteiger charge is -2.06. The van der Waals surface area contributed by atoms with Gasteiger partial charge in [0, 0.05) is 12.6 Å². The van der Waals surface area contributed by atoms with Crippen LogP contribution in [0.2, 0.25) is 0 Å². The average Bonchev–Trinajstić information content (AvgIpc) is 2.58. The molecule has 0 spiro atoms. The van der Waals surface area contributed by atoms with Crippen molar-refractivity contribution >= 4 is 11.8 Å². The van der Waals surface area contributed by atoms with Crippen molar-refractivity contribution in [3.05, 3.63) is 59.4 Å². The molecule has 1 N–H and O–H groups in total. The summed E-state index contributed by atoms with van der Waals surface area (Å²) in [5.41, 5.74) is 2.39. The maximum atomic E-state index is 12.0. The first-order chi connectivity index (χ1) is 11.1. The molecule has 1 aromatic carbocycles. The van der Waals surface area contributed by atoms with Gasteiger partial charge in [0.1, 0.15) is 11.4 Å². The van der Waals surface area contributed by atoms with Crippen molar-refractivity contribution in [2.45, 2.75) is 26.2 Å². The van der Waals surface area contributed by atoms with Crippen molar-refractivity contribution in [3.63, 3.8) is 0 Å². The monoisotopic (exact) mass is 313 g/mol. The Hall–Kier alpha value is -2.69. The number of ketones is 1. The Balaban J connectivity index is 1.87. The minimum atomic E-state index is -0.822. The highest BCUT2D eigenvalue weighted by molar-refractivity contribution is 5.95. The van der Waals surface area contributed by atoms with E-state index in [-0.39, 0.29) is 18.8 Å². The third kappa shape index (κ3) is 5.21. The molecule has 2 aromatic rings. The number of carbonyl (C=O) groups is 2. The maximum Gasteiger partial charge on any atom is 0.303 e. The molecule has 1 aromatic heterocycles. The molecule has 0 radical (unpaired) electrons. The lowest BCUT2D eigenvalue weighted by Crippen LogP contribution is -2.13. The van der Waals surface area contributed by atoms with E-state index in [0.29, 0.717) is 17.9 Å². The van der Waals surface area contributed by atoms with Crippen molar-refractivity contribution in [2.24, 2.45) is 0 Å². The smallest absolute Gasteiger partial charge is 0.303 e. The number of rotatable bonds is 8. The highest BCUT2D eigenvalue weighted by atomic mass is 16.5. The summed E-state index contributed by atoms with van der Waals surface area (Å²) in [6.07, 6.45) is 3.15. The van der Waals surface area contributed by atoms with Crippen LogP contribution < -0.4 is 4.74 Å². The average molecular weight is 313 g/mol. The third-order valence-electron chi connectivity index (χ3n) is 3.44. The molecule has 5 nitrogen and oxygen atoms in total. The fourth-order valence-electron chi connectivity index (χ4n) is 2.03. The van der Waals surface area contributed by atoms with Crippen LogP contribution in [-0.4, -0.2) is 28.4 Å². The molecule has 0 saturated carbocycles. The highest BCUT2D eigenvalue weighted by Crippen LogP contribution is 2.14. The Morgan fingerprint density at radius 1 is 1.09 bits per heavy atom. The molecule has 0 aliphatic heterocycles. The van der Waals surface area contributed by atoms with Gasteiger partial charge in [-0.3, -0.25) is 14.6 Å². The van der Waals surface area contributed by atoms with E-state index in [1.54, 1.807) is 36.5 Å². The zero-order chi connectivity index (χ0) is 16.7. The van der Waals surface area contributed by atoms with Gasteiger partial charge in [-0.05, 0) is 42.2 Å². The second kappa shape index (κ2) is 8.08. The quantitative estimate of drug-likeness (QED) is 0.758. The number of carbonyl (C=O) groups excluding carboxylic acids is 1. The molecule has 1 heterocycles. The van der Waals surface area contributed by atoms with Gasteiger partial charge >= 0.3 is 5.97 Å². The maximum absolute atomic E-state index is 12.0. The number of carboxylic acid groups (broad SMARTS) is 1. The summed E-state index contributed by atoms with van der Waals surface area (Å²) in [4.78, 5) is 26.7. The van der Waals surface area contributed by atoms with Gasteiger partial charge in [0.2, 0.25) is 5.78 Å². The summed E-state index contributed by atoms with van der Waals surface area (Å²) < 4.78 is 5.45. The van der Waals surface area contributed by atoms with Crippen molar-refractivity contribution in [2.75, 3.05) is 6.61 Å². The molecule has 120 valence electrons. The number of nitrogens with zero attached hydrogens (tertiary/aromatic N) is 1. The van der Waals surface area contributed by atoms with Gasteiger partial charge in [0.05, 0.1) is 0 Å². The largest absolute Gasteiger partial charge is 0.485 e. The second-order valence-electron chi connectivity index (χ2n) is 5.15. The summed E-state index contributed by atoms with van der Waals surface area (Å²) in [6.45, 7) is 1.95. The minimum Gasteiger partial charge on any atom is -0.485 e. The molecular formula is C18H19NO4. The van der Waals surface area contributed by atoms with Crippen LogP contribution >= 0.6 is 0 Å². The van der Waals surface area contributed by atoms with Gasteiger partial charge in [0.25, 0.3) is 0 Å². The SMILES string of the molecule is CCc1ccc(C(=O)COc2ccc(CCC(=O)O)cc2)nc1. The van der Waals surface area contributed by atoms with Gasteiger partial charge in [0.15, 0.2) is 6.61 Å². The first kappa shape index (κ1) is 16.7. The molecule has 0 aliphatic rings. The summed E-state index contributed by atoms with van der Waals surface area (Å²) in [6, 6.07) is 10.7. The molecule has 0 atom stereocenters. The number of hydrogen-bond acceptors (Lipinski definition) is 4. The standard InChI is InChI=1S/C18H19NO4/c1-2-13-5-9-16(19-11-13)17(20)12-23-15-7-3-14(4-8-15)6-10-18(21)22/h3-5,7-9,11H,2,6,10,12H2,1H3,(H,21,22). The van der Waals surface area contributed by atoms with Crippen LogP contribution in [0.25, 0.3) is 0 Å². The molecule has 0 amide bonds. The number of carboxylic acids is 1. The van der Waals surface area contributed by atoms with E-state index in [1.807, 2.05) is 13.0 Å². The molecule has 23 heavy (non-hydrogen) atoms. The number of ether oxygens (including phenoxy) is 1. The van der Waals surface area contributed by atoms with Crippen LogP contribution in [-0.2, 0) is 17.6 Å². The predicted molar refractivity (Wildman–Crippen MR) is 85.8 cm³/mol. The highest BCUT2D eigenvalue weighted by Gasteiger charge is 2.08. The zero-order valence-corrected chi connectivity index (χ0v) is 13.0. The Bertz CT molecular complexity index is 662. The molecule has 0 saturated heterocycles. The summed E-state index contributed by atoms with van der Waals surface area (Å²) >= 11 is 0. The van der Waals surface area contributed by atoms with Crippen LogP contribution in [0, 0.1) is 0 Å². The van der Waals surface area contributed by atoms with Crippen molar-refractivity contribution in [3.8, 4) is 5.75 Å². The number of benzene rings is 1. The van der Waals surface area contributed by atoms with Gasteiger partial charge in [-0.25, -0.2) is 0 Å². The topological polar surface area (TPSA) is 76.5 Å². The number of Topliss-reactive ketones (excluding diaryl/α,β-unsaturated/α-hetero) is 1. The Kier molecular flexibility index (Phi) is 5.86. The van der Waals surface area contributed by atoms with Crippen LogP contribution in [0.5, 0.6) is 5.75 Å². The Labute approximate surface area is 134 Å². The minimum absolute atomic E-state index is 0.0764. The fourth-order valence-corrected chi connectivity index (χ4v) is 2.03. The normalized spacial score (nSPS) is 10.3. The van der Waals surface area contributed by atoms with Gasteiger partial charge in [-0.15, -0.1) is 0 Å². The van der Waals surface area contributed by atoms with E-state index in [1.165, 1.54) is 0 Å². The number of aryl methyl sites for hydroxylation is 2. The van der Waals surface area contributed by atoms with E-state index >= 15 is 0 Å². The third-order valence-corrected chi connectivity index (χ3v) is 3.44. The predicted octanol–water partition coefficient (Wildman–Crippen LogP) is 2.92. The molecule has 0 aliphatic carbocycles.